The molecule has 1 amide bonds. The number of aliphatic hydroxyl groups is 1. The Morgan fingerprint density at radius 2 is 2.26 bits per heavy atom. The Kier molecular flexibility index (Phi) is 3.19. The number of nitrogens with zero attached hydrogens (tertiary/aromatic N) is 1. The molecule has 0 bridgehead atoms. The van der Waals surface area contributed by atoms with Crippen LogP contribution in [0.4, 0.5) is 11.4 Å². The van der Waals surface area contributed by atoms with Crippen molar-refractivity contribution in [2.75, 3.05) is 16.8 Å². The molecule has 2 N–H and O–H groups in total. The molecule has 0 aromatic heterocycles. The number of hydrogen-bond acceptors (Lipinski definition) is 3. The van der Waals surface area contributed by atoms with E-state index in [-0.39, 0.29) is 5.91 Å². The number of carbonyl (C=O) groups is 1. The van der Waals surface area contributed by atoms with Gasteiger partial charge in [-0.3, -0.25) is 4.79 Å². The lowest BCUT2D eigenvalue weighted by molar-refractivity contribution is -0.123. The summed E-state index contributed by atoms with van der Waals surface area (Å²) in [6.45, 7) is 3.30. The highest BCUT2D eigenvalue weighted by atomic mass is 16.3. The number of hydrogen-bond donors (Lipinski definition) is 2. The van der Waals surface area contributed by atoms with Gasteiger partial charge in [0, 0.05) is 29.5 Å². The zero-order valence-electron chi connectivity index (χ0n) is 11.2. The van der Waals surface area contributed by atoms with Crippen LogP contribution in [-0.4, -0.2) is 23.6 Å². The molecule has 1 saturated heterocycles. The number of anilines is 2. The second-order valence-electron chi connectivity index (χ2n) is 5.41. The summed E-state index contributed by atoms with van der Waals surface area (Å²) in [6, 6.07) is 6.48. The summed E-state index contributed by atoms with van der Waals surface area (Å²) in [5.41, 5.74) is 2.61. The largest absolute Gasteiger partial charge is 0.378 e. The van der Waals surface area contributed by atoms with Gasteiger partial charge in [-0.2, -0.15) is 0 Å². The van der Waals surface area contributed by atoms with Crippen molar-refractivity contribution in [3.05, 3.63) is 23.8 Å². The number of carbonyl (C=O) groups excluding carboxylic acids is 1. The van der Waals surface area contributed by atoms with Crippen molar-refractivity contribution in [2.45, 2.75) is 44.8 Å². The molecule has 4 heteroatoms. The molecule has 19 heavy (non-hydrogen) atoms. The molecule has 0 saturated carbocycles. The van der Waals surface area contributed by atoms with E-state index in [4.69, 9.17) is 0 Å². The minimum Gasteiger partial charge on any atom is -0.378 e. The molecule has 2 unspecified atom stereocenters. The normalized spacial score (nSPS) is 26.2. The molecular formula is C15H20N2O2. The average Bonchev–Trinajstić information content (AvgIpc) is 2.73. The van der Waals surface area contributed by atoms with Crippen molar-refractivity contribution in [2.24, 2.45) is 0 Å². The number of piperidine rings is 1. The number of fused-ring (bicyclic) bond motifs is 1. The van der Waals surface area contributed by atoms with Gasteiger partial charge in [0.2, 0.25) is 0 Å². The van der Waals surface area contributed by atoms with Crippen LogP contribution in [0, 0.1) is 0 Å². The van der Waals surface area contributed by atoms with Gasteiger partial charge in [-0.25, -0.2) is 0 Å². The molecular weight excluding hydrogens is 240 g/mol. The van der Waals surface area contributed by atoms with Gasteiger partial charge in [0.25, 0.3) is 5.91 Å². The standard InChI is InChI=1S/C15H20N2O2/c1-2-10-5-3-4-8-17(10)11-6-7-12-13(9-11)16-15(19)14(12)18/h6-7,9-10,14,18H,2-5,8H2,1H3,(H,16,19). The number of amides is 1. The average molecular weight is 260 g/mol. The van der Waals surface area contributed by atoms with Crippen LogP contribution in [0.3, 0.4) is 0 Å². The monoisotopic (exact) mass is 260 g/mol. The highest BCUT2D eigenvalue weighted by Crippen LogP contribution is 2.35. The Morgan fingerprint density at radius 3 is 3.05 bits per heavy atom. The van der Waals surface area contributed by atoms with Gasteiger partial charge in [-0.05, 0) is 37.8 Å². The Morgan fingerprint density at radius 1 is 1.42 bits per heavy atom. The molecule has 0 radical (unpaired) electrons. The molecule has 2 heterocycles. The Labute approximate surface area is 113 Å². The first-order valence-electron chi connectivity index (χ1n) is 7.10. The van der Waals surface area contributed by atoms with Crippen LogP contribution in [0.1, 0.15) is 44.3 Å². The van der Waals surface area contributed by atoms with Gasteiger partial charge in [-0.1, -0.05) is 13.0 Å². The van der Waals surface area contributed by atoms with Crippen molar-refractivity contribution in [3.63, 3.8) is 0 Å². The predicted octanol–water partition coefficient (Wildman–Crippen LogP) is 2.44. The molecule has 2 atom stereocenters. The maximum absolute atomic E-state index is 11.5. The van der Waals surface area contributed by atoms with Gasteiger partial charge in [-0.15, -0.1) is 0 Å². The molecule has 1 fully saturated rings. The van der Waals surface area contributed by atoms with E-state index in [1.807, 2.05) is 18.2 Å². The van der Waals surface area contributed by atoms with E-state index in [2.05, 4.69) is 17.1 Å². The Hall–Kier alpha value is -1.55. The maximum Gasteiger partial charge on any atom is 0.257 e. The van der Waals surface area contributed by atoms with E-state index in [1.54, 1.807) is 0 Å². The number of rotatable bonds is 2. The zero-order chi connectivity index (χ0) is 13.4. The van der Waals surface area contributed by atoms with Crippen LogP contribution in [0.2, 0.25) is 0 Å². The Balaban J connectivity index is 1.90. The predicted molar refractivity (Wildman–Crippen MR) is 75.3 cm³/mol. The third-order valence-corrected chi connectivity index (χ3v) is 4.27. The van der Waals surface area contributed by atoms with Gasteiger partial charge >= 0.3 is 0 Å². The van der Waals surface area contributed by atoms with E-state index >= 15 is 0 Å². The van der Waals surface area contributed by atoms with E-state index in [1.165, 1.54) is 19.3 Å². The summed E-state index contributed by atoms with van der Waals surface area (Å²) in [6.07, 6.45) is 3.90. The molecule has 1 aromatic carbocycles. The van der Waals surface area contributed by atoms with Gasteiger partial charge in [0.05, 0.1) is 0 Å². The van der Waals surface area contributed by atoms with Crippen LogP contribution < -0.4 is 10.2 Å². The molecule has 2 aliphatic heterocycles. The summed E-state index contributed by atoms with van der Waals surface area (Å²) in [5.74, 6) is -0.321. The second-order valence-corrected chi connectivity index (χ2v) is 5.41. The summed E-state index contributed by atoms with van der Waals surface area (Å²) in [7, 11) is 0. The van der Waals surface area contributed by atoms with E-state index in [9.17, 15) is 9.90 Å². The molecule has 2 aliphatic rings. The van der Waals surface area contributed by atoms with Gasteiger partial charge < -0.3 is 15.3 Å². The molecule has 4 nitrogen and oxygen atoms in total. The third-order valence-electron chi connectivity index (χ3n) is 4.27. The smallest absolute Gasteiger partial charge is 0.257 e. The number of aliphatic hydroxyl groups excluding tert-OH is 1. The summed E-state index contributed by atoms with van der Waals surface area (Å²) in [5, 5.41) is 12.5. The first-order chi connectivity index (χ1) is 9.20. The van der Waals surface area contributed by atoms with Crippen LogP contribution in [0.5, 0.6) is 0 Å². The summed E-state index contributed by atoms with van der Waals surface area (Å²) in [4.78, 5) is 13.9. The third kappa shape index (κ3) is 2.10. The van der Waals surface area contributed by atoms with E-state index in [0.29, 0.717) is 11.6 Å². The number of benzene rings is 1. The van der Waals surface area contributed by atoms with E-state index in [0.717, 1.165) is 24.3 Å². The van der Waals surface area contributed by atoms with Gasteiger partial charge in [0.1, 0.15) is 0 Å². The highest BCUT2D eigenvalue weighted by molar-refractivity contribution is 6.02. The summed E-state index contributed by atoms with van der Waals surface area (Å²) < 4.78 is 0. The molecule has 1 aromatic rings. The van der Waals surface area contributed by atoms with E-state index < -0.39 is 6.10 Å². The van der Waals surface area contributed by atoms with Crippen molar-refractivity contribution in [1.82, 2.24) is 0 Å². The fourth-order valence-electron chi connectivity index (χ4n) is 3.18. The minimum absolute atomic E-state index is 0.321. The second kappa shape index (κ2) is 4.85. The molecule has 0 aliphatic carbocycles. The van der Waals surface area contributed by atoms with Crippen LogP contribution >= 0.6 is 0 Å². The van der Waals surface area contributed by atoms with Crippen LogP contribution in [-0.2, 0) is 4.79 Å². The topological polar surface area (TPSA) is 52.6 Å². The van der Waals surface area contributed by atoms with Crippen molar-refractivity contribution in [3.8, 4) is 0 Å². The molecule has 102 valence electrons. The fourth-order valence-corrected chi connectivity index (χ4v) is 3.18. The lowest BCUT2D eigenvalue weighted by atomic mass is 9.98. The molecule has 3 rings (SSSR count). The first kappa shape index (κ1) is 12.5. The quantitative estimate of drug-likeness (QED) is 0.858. The number of nitrogens with one attached hydrogen (secondary N) is 1. The lowest BCUT2D eigenvalue weighted by Crippen LogP contribution is -2.39. The molecule has 0 spiro atoms. The van der Waals surface area contributed by atoms with Gasteiger partial charge in [0.15, 0.2) is 6.10 Å². The SMILES string of the molecule is CCC1CCCCN1c1ccc2c(c1)NC(=O)C2O. The summed E-state index contributed by atoms with van der Waals surface area (Å²) >= 11 is 0. The van der Waals surface area contributed by atoms with Crippen molar-refractivity contribution in [1.29, 1.82) is 0 Å². The van der Waals surface area contributed by atoms with Crippen molar-refractivity contribution >= 4 is 17.3 Å². The Bertz CT molecular complexity index is 501. The van der Waals surface area contributed by atoms with Crippen molar-refractivity contribution < 1.29 is 9.90 Å². The highest BCUT2D eigenvalue weighted by Gasteiger charge is 2.29. The maximum atomic E-state index is 11.5. The first-order valence-corrected chi connectivity index (χ1v) is 7.10. The van der Waals surface area contributed by atoms with Crippen LogP contribution in [0.15, 0.2) is 18.2 Å². The lowest BCUT2D eigenvalue weighted by Gasteiger charge is -2.37. The van der Waals surface area contributed by atoms with Crippen LogP contribution in [0.25, 0.3) is 0 Å². The zero-order valence-corrected chi connectivity index (χ0v) is 11.2. The minimum atomic E-state index is -1.01. The fraction of sp³-hybridized carbons (Fsp3) is 0.533.